The Hall–Kier alpha value is -0.540. The fraction of sp³-hybridized carbons (Fsp3) is 0.600. The molecular formula is C15H23BrN2. The fourth-order valence-electron chi connectivity index (χ4n) is 2.22. The van der Waals surface area contributed by atoms with Crippen molar-refractivity contribution in [3.05, 3.63) is 28.2 Å². The summed E-state index contributed by atoms with van der Waals surface area (Å²) >= 11 is 3.69. The average molecular weight is 311 g/mol. The normalized spacial score (nSPS) is 16.7. The van der Waals surface area contributed by atoms with Gasteiger partial charge in [-0.3, -0.25) is 0 Å². The first-order chi connectivity index (χ1) is 8.60. The minimum Gasteiger partial charge on any atom is -0.373 e. The molecule has 3 heteroatoms. The maximum Gasteiger partial charge on any atom is 0.0508 e. The molecule has 0 heterocycles. The third-order valence-corrected chi connectivity index (χ3v) is 4.31. The second-order valence-electron chi connectivity index (χ2n) is 5.48. The monoisotopic (exact) mass is 310 g/mol. The molecule has 1 aromatic rings. The molecular weight excluding hydrogens is 288 g/mol. The first kappa shape index (κ1) is 13.9. The molecule has 0 bridgehead atoms. The second kappa shape index (κ2) is 6.07. The van der Waals surface area contributed by atoms with Crippen LogP contribution < -0.4 is 10.6 Å². The van der Waals surface area contributed by atoms with Gasteiger partial charge in [0.25, 0.3) is 0 Å². The van der Waals surface area contributed by atoms with Crippen molar-refractivity contribution in [3.63, 3.8) is 0 Å². The molecule has 0 amide bonds. The number of halogens is 1. The molecule has 0 saturated heterocycles. The maximum absolute atomic E-state index is 6.00. The van der Waals surface area contributed by atoms with Crippen molar-refractivity contribution in [1.82, 2.24) is 0 Å². The molecule has 1 aliphatic rings. The minimum atomic E-state index is 0.270. The standard InChI is InChI=1S/C15H23BrN2/c1-3-13(17)8-12-6-7-15(14(16)9-12)18(2)10-11-4-5-11/h6-7,9,11,13H,3-5,8,10,17H2,1-2H3. The lowest BCUT2D eigenvalue weighted by molar-refractivity contribution is 0.646. The smallest absolute Gasteiger partial charge is 0.0508 e. The van der Waals surface area contributed by atoms with Crippen molar-refractivity contribution in [2.75, 3.05) is 18.5 Å². The van der Waals surface area contributed by atoms with Gasteiger partial charge in [-0.15, -0.1) is 0 Å². The van der Waals surface area contributed by atoms with E-state index in [0.29, 0.717) is 0 Å². The van der Waals surface area contributed by atoms with Gasteiger partial charge in [0.1, 0.15) is 0 Å². The summed E-state index contributed by atoms with van der Waals surface area (Å²) in [6.45, 7) is 3.31. The van der Waals surface area contributed by atoms with Gasteiger partial charge in [0.05, 0.1) is 5.69 Å². The summed E-state index contributed by atoms with van der Waals surface area (Å²) < 4.78 is 1.19. The lowest BCUT2D eigenvalue weighted by atomic mass is 10.0. The number of nitrogens with zero attached hydrogens (tertiary/aromatic N) is 1. The Kier molecular flexibility index (Phi) is 4.68. The number of benzene rings is 1. The third-order valence-electron chi connectivity index (χ3n) is 3.67. The van der Waals surface area contributed by atoms with E-state index in [9.17, 15) is 0 Å². The molecule has 0 aromatic heterocycles. The SMILES string of the molecule is CCC(N)Cc1ccc(N(C)CC2CC2)c(Br)c1. The van der Waals surface area contributed by atoms with E-state index in [1.807, 2.05) is 0 Å². The zero-order valence-corrected chi connectivity index (χ0v) is 12.9. The van der Waals surface area contributed by atoms with Crippen molar-refractivity contribution < 1.29 is 0 Å². The molecule has 2 rings (SSSR count). The molecule has 0 aliphatic heterocycles. The zero-order chi connectivity index (χ0) is 13.1. The Labute approximate surface area is 119 Å². The lowest BCUT2D eigenvalue weighted by Gasteiger charge is -2.21. The van der Waals surface area contributed by atoms with E-state index in [1.165, 1.54) is 35.1 Å². The van der Waals surface area contributed by atoms with E-state index in [2.05, 4.69) is 53.0 Å². The van der Waals surface area contributed by atoms with Gasteiger partial charge in [-0.1, -0.05) is 13.0 Å². The second-order valence-corrected chi connectivity index (χ2v) is 6.34. The Balaban J connectivity index is 2.03. The van der Waals surface area contributed by atoms with E-state index in [0.717, 1.165) is 18.8 Å². The van der Waals surface area contributed by atoms with Crippen LogP contribution in [0.1, 0.15) is 31.7 Å². The predicted molar refractivity (Wildman–Crippen MR) is 82.1 cm³/mol. The molecule has 2 N–H and O–H groups in total. The Bertz CT molecular complexity index is 401. The summed E-state index contributed by atoms with van der Waals surface area (Å²) in [5, 5.41) is 0. The van der Waals surface area contributed by atoms with E-state index in [-0.39, 0.29) is 6.04 Å². The number of anilines is 1. The topological polar surface area (TPSA) is 29.3 Å². The summed E-state index contributed by atoms with van der Waals surface area (Å²) in [5.74, 6) is 0.912. The molecule has 2 nitrogen and oxygen atoms in total. The van der Waals surface area contributed by atoms with Gasteiger partial charge >= 0.3 is 0 Å². The van der Waals surface area contributed by atoms with Gasteiger partial charge in [0.15, 0.2) is 0 Å². The van der Waals surface area contributed by atoms with Crippen molar-refractivity contribution >= 4 is 21.6 Å². The summed E-state index contributed by atoms with van der Waals surface area (Å²) in [6.07, 6.45) is 4.78. The van der Waals surface area contributed by atoms with Crippen molar-refractivity contribution in [3.8, 4) is 0 Å². The Morgan fingerprint density at radius 1 is 1.44 bits per heavy atom. The largest absolute Gasteiger partial charge is 0.373 e. The summed E-state index contributed by atoms with van der Waals surface area (Å²) in [7, 11) is 2.18. The van der Waals surface area contributed by atoms with Gasteiger partial charge < -0.3 is 10.6 Å². The van der Waals surface area contributed by atoms with Crippen LogP contribution in [0.15, 0.2) is 22.7 Å². The number of rotatable bonds is 6. The number of hydrogen-bond acceptors (Lipinski definition) is 2. The van der Waals surface area contributed by atoms with Crippen LogP contribution in [0.5, 0.6) is 0 Å². The third kappa shape index (κ3) is 3.72. The van der Waals surface area contributed by atoms with Crippen LogP contribution in [-0.4, -0.2) is 19.6 Å². The zero-order valence-electron chi connectivity index (χ0n) is 11.3. The van der Waals surface area contributed by atoms with Crippen LogP contribution in [0.25, 0.3) is 0 Å². The van der Waals surface area contributed by atoms with Crippen LogP contribution in [0, 0.1) is 5.92 Å². The van der Waals surface area contributed by atoms with E-state index >= 15 is 0 Å². The van der Waals surface area contributed by atoms with Gasteiger partial charge in [0, 0.05) is 24.1 Å². The molecule has 0 spiro atoms. The Morgan fingerprint density at radius 3 is 2.72 bits per heavy atom. The van der Waals surface area contributed by atoms with Gasteiger partial charge in [-0.2, -0.15) is 0 Å². The highest BCUT2D eigenvalue weighted by molar-refractivity contribution is 9.10. The van der Waals surface area contributed by atoms with Crippen LogP contribution in [0.3, 0.4) is 0 Å². The van der Waals surface area contributed by atoms with E-state index in [1.54, 1.807) is 0 Å². The van der Waals surface area contributed by atoms with Crippen molar-refractivity contribution in [2.45, 2.75) is 38.6 Å². The summed E-state index contributed by atoms with van der Waals surface area (Å²) in [6, 6.07) is 6.91. The maximum atomic E-state index is 6.00. The number of nitrogens with two attached hydrogens (primary N) is 1. The summed E-state index contributed by atoms with van der Waals surface area (Å²) in [5.41, 5.74) is 8.61. The highest BCUT2D eigenvalue weighted by atomic mass is 79.9. The number of hydrogen-bond donors (Lipinski definition) is 1. The van der Waals surface area contributed by atoms with E-state index in [4.69, 9.17) is 5.73 Å². The minimum absolute atomic E-state index is 0.270. The highest BCUT2D eigenvalue weighted by Crippen LogP contribution is 2.33. The molecule has 1 unspecified atom stereocenters. The molecule has 18 heavy (non-hydrogen) atoms. The van der Waals surface area contributed by atoms with Crippen LogP contribution >= 0.6 is 15.9 Å². The van der Waals surface area contributed by atoms with Crippen LogP contribution in [0.2, 0.25) is 0 Å². The molecule has 1 atom stereocenters. The van der Waals surface area contributed by atoms with Crippen LogP contribution in [-0.2, 0) is 6.42 Å². The molecule has 100 valence electrons. The van der Waals surface area contributed by atoms with Gasteiger partial charge in [-0.25, -0.2) is 0 Å². The quantitative estimate of drug-likeness (QED) is 0.870. The predicted octanol–water partition coefficient (Wildman–Crippen LogP) is 3.58. The molecule has 1 aromatic carbocycles. The highest BCUT2D eigenvalue weighted by Gasteiger charge is 2.23. The van der Waals surface area contributed by atoms with Crippen molar-refractivity contribution in [2.24, 2.45) is 11.7 Å². The van der Waals surface area contributed by atoms with E-state index < -0.39 is 0 Å². The lowest BCUT2D eigenvalue weighted by Crippen LogP contribution is -2.22. The van der Waals surface area contributed by atoms with Gasteiger partial charge in [-0.05, 0) is 65.2 Å². The molecule has 1 fully saturated rings. The Morgan fingerprint density at radius 2 is 2.17 bits per heavy atom. The fourth-order valence-corrected chi connectivity index (χ4v) is 2.95. The average Bonchev–Trinajstić information content (AvgIpc) is 3.12. The van der Waals surface area contributed by atoms with Gasteiger partial charge in [0.2, 0.25) is 0 Å². The first-order valence-electron chi connectivity index (χ1n) is 6.85. The van der Waals surface area contributed by atoms with Crippen LogP contribution in [0.4, 0.5) is 5.69 Å². The molecule has 0 radical (unpaired) electrons. The summed E-state index contributed by atoms with van der Waals surface area (Å²) in [4.78, 5) is 2.35. The first-order valence-corrected chi connectivity index (χ1v) is 7.64. The molecule has 1 aliphatic carbocycles. The van der Waals surface area contributed by atoms with Crippen molar-refractivity contribution in [1.29, 1.82) is 0 Å². The molecule has 1 saturated carbocycles.